The summed E-state index contributed by atoms with van der Waals surface area (Å²) in [5, 5.41) is 0. The molecule has 1 fully saturated rings. The molecule has 0 aliphatic carbocycles. The van der Waals surface area contributed by atoms with E-state index in [0.29, 0.717) is 19.2 Å². The third-order valence-corrected chi connectivity index (χ3v) is 4.58. The minimum atomic E-state index is -0.920. The first-order chi connectivity index (χ1) is 12.1. The van der Waals surface area contributed by atoms with Gasteiger partial charge in [0.1, 0.15) is 11.6 Å². The maximum absolute atomic E-state index is 13.9. The van der Waals surface area contributed by atoms with E-state index < -0.39 is 17.5 Å². The fourth-order valence-electron chi connectivity index (χ4n) is 3.29. The average Bonchev–Trinajstić information content (AvgIpc) is 3.08. The van der Waals surface area contributed by atoms with E-state index in [4.69, 9.17) is 0 Å². The van der Waals surface area contributed by atoms with Crippen molar-refractivity contribution >= 4 is 5.91 Å². The molecule has 1 aliphatic heterocycles. The fraction of sp³-hybridized carbons (Fsp3) is 0.500. The molecule has 7 heteroatoms. The molecule has 3 rings (SSSR count). The molecule has 0 radical (unpaired) electrons. The van der Waals surface area contributed by atoms with Crippen molar-refractivity contribution in [2.24, 2.45) is 0 Å². The molecule has 134 valence electrons. The standard InChI is InChI=1S/C18H22F2N4O/c1-2-3-7-23-9-6-21-17(23)13-5-4-8-24(12-13)18(25)16-15(20)10-14(19)11-22-16/h6,9-11,13H,2-5,7-8,12H2,1H3/t13-/m0/s1. The average molecular weight is 348 g/mol. The molecule has 0 aromatic carbocycles. The lowest BCUT2D eigenvalue weighted by molar-refractivity contribution is 0.0692. The summed E-state index contributed by atoms with van der Waals surface area (Å²) < 4.78 is 29.0. The van der Waals surface area contributed by atoms with E-state index in [9.17, 15) is 13.6 Å². The number of hydrogen-bond acceptors (Lipinski definition) is 3. The Labute approximate surface area is 145 Å². The van der Waals surface area contributed by atoms with E-state index in [2.05, 4.69) is 21.5 Å². The number of piperidine rings is 1. The van der Waals surface area contributed by atoms with E-state index in [1.807, 2.05) is 6.20 Å². The molecule has 2 aromatic rings. The quantitative estimate of drug-likeness (QED) is 0.832. The number of hydrogen-bond donors (Lipinski definition) is 0. The Bertz CT molecular complexity index is 746. The number of aryl methyl sites for hydroxylation is 1. The van der Waals surface area contributed by atoms with Crippen LogP contribution in [-0.2, 0) is 6.54 Å². The summed E-state index contributed by atoms with van der Waals surface area (Å²) in [6, 6.07) is 0.694. The molecule has 3 heterocycles. The monoisotopic (exact) mass is 348 g/mol. The summed E-state index contributed by atoms with van der Waals surface area (Å²) in [5.74, 6) is -1.11. The van der Waals surface area contributed by atoms with Gasteiger partial charge in [0.05, 0.1) is 6.20 Å². The first-order valence-corrected chi connectivity index (χ1v) is 8.71. The van der Waals surface area contributed by atoms with Crippen molar-refractivity contribution < 1.29 is 13.6 Å². The number of carbonyl (C=O) groups excluding carboxylic acids is 1. The van der Waals surface area contributed by atoms with Gasteiger partial charge >= 0.3 is 0 Å². The number of rotatable bonds is 5. The van der Waals surface area contributed by atoms with E-state index in [0.717, 1.165) is 44.2 Å². The highest BCUT2D eigenvalue weighted by atomic mass is 19.1. The van der Waals surface area contributed by atoms with Gasteiger partial charge in [-0.15, -0.1) is 0 Å². The van der Waals surface area contributed by atoms with Gasteiger partial charge < -0.3 is 9.47 Å². The molecule has 5 nitrogen and oxygen atoms in total. The lowest BCUT2D eigenvalue weighted by Gasteiger charge is -2.32. The van der Waals surface area contributed by atoms with Gasteiger partial charge in [-0.25, -0.2) is 18.7 Å². The van der Waals surface area contributed by atoms with Crippen molar-refractivity contribution in [2.45, 2.75) is 45.1 Å². The van der Waals surface area contributed by atoms with E-state index in [1.165, 1.54) is 0 Å². The number of amides is 1. The van der Waals surface area contributed by atoms with E-state index in [1.54, 1.807) is 11.1 Å². The second-order valence-corrected chi connectivity index (χ2v) is 6.41. The fourth-order valence-corrected chi connectivity index (χ4v) is 3.29. The van der Waals surface area contributed by atoms with Gasteiger partial charge in [0, 0.05) is 44.0 Å². The Balaban J connectivity index is 1.75. The topological polar surface area (TPSA) is 51.0 Å². The van der Waals surface area contributed by atoms with Crippen LogP contribution >= 0.6 is 0 Å². The molecule has 0 spiro atoms. The molecule has 1 amide bonds. The number of imidazole rings is 1. The molecular formula is C18H22F2N4O. The molecule has 25 heavy (non-hydrogen) atoms. The van der Waals surface area contributed by atoms with Crippen LogP contribution in [-0.4, -0.2) is 38.4 Å². The lowest BCUT2D eigenvalue weighted by atomic mass is 9.96. The van der Waals surface area contributed by atoms with Crippen LogP contribution in [0, 0.1) is 11.6 Å². The van der Waals surface area contributed by atoms with Crippen molar-refractivity contribution in [3.63, 3.8) is 0 Å². The normalized spacial score (nSPS) is 17.7. The van der Waals surface area contributed by atoms with Gasteiger partial charge in [0.15, 0.2) is 11.5 Å². The third kappa shape index (κ3) is 3.86. The predicted molar refractivity (Wildman–Crippen MR) is 89.2 cm³/mol. The van der Waals surface area contributed by atoms with Gasteiger partial charge in [-0.1, -0.05) is 13.3 Å². The van der Waals surface area contributed by atoms with Crippen molar-refractivity contribution in [3.8, 4) is 0 Å². The Morgan fingerprint density at radius 2 is 2.20 bits per heavy atom. The molecule has 1 atom stereocenters. The van der Waals surface area contributed by atoms with Crippen molar-refractivity contribution in [1.82, 2.24) is 19.4 Å². The Kier molecular flexibility index (Phi) is 5.40. The molecule has 0 N–H and O–H groups in total. The zero-order valence-corrected chi connectivity index (χ0v) is 14.3. The molecule has 0 saturated carbocycles. The zero-order chi connectivity index (χ0) is 17.8. The van der Waals surface area contributed by atoms with Crippen LogP contribution in [0.2, 0.25) is 0 Å². The predicted octanol–water partition coefficient (Wildman–Crippen LogP) is 3.38. The SMILES string of the molecule is CCCCn1ccnc1[C@H]1CCCN(C(=O)c2ncc(F)cc2F)C1. The summed E-state index contributed by atoms with van der Waals surface area (Å²) >= 11 is 0. The number of carbonyl (C=O) groups is 1. The van der Waals surface area contributed by atoms with Gasteiger partial charge in [0.25, 0.3) is 5.91 Å². The largest absolute Gasteiger partial charge is 0.336 e. The van der Waals surface area contributed by atoms with Crippen LogP contribution in [0.3, 0.4) is 0 Å². The zero-order valence-electron chi connectivity index (χ0n) is 14.3. The number of nitrogens with zero attached hydrogens (tertiary/aromatic N) is 4. The first kappa shape index (κ1) is 17.5. The molecule has 1 saturated heterocycles. The molecule has 0 unspecified atom stereocenters. The molecule has 0 bridgehead atoms. The number of pyridine rings is 1. The molecule has 2 aromatic heterocycles. The summed E-state index contributed by atoms with van der Waals surface area (Å²) in [6.45, 7) is 4.07. The van der Waals surface area contributed by atoms with E-state index in [-0.39, 0.29) is 11.6 Å². The van der Waals surface area contributed by atoms with Crippen molar-refractivity contribution in [3.05, 3.63) is 47.8 Å². The molecular weight excluding hydrogens is 326 g/mol. The number of likely N-dealkylation sites (tertiary alicyclic amines) is 1. The van der Waals surface area contributed by atoms with Gasteiger partial charge in [0.2, 0.25) is 0 Å². The van der Waals surface area contributed by atoms with E-state index >= 15 is 0 Å². The summed E-state index contributed by atoms with van der Waals surface area (Å²) in [4.78, 5) is 22.3. The number of aromatic nitrogens is 3. The highest BCUT2D eigenvalue weighted by Gasteiger charge is 2.29. The molecule has 1 aliphatic rings. The van der Waals surface area contributed by atoms with Gasteiger partial charge in [-0.3, -0.25) is 4.79 Å². The highest BCUT2D eigenvalue weighted by Crippen LogP contribution is 2.27. The summed E-state index contributed by atoms with van der Waals surface area (Å²) in [6.07, 6.45) is 8.55. The van der Waals surface area contributed by atoms with Crippen molar-refractivity contribution in [1.29, 1.82) is 0 Å². The van der Waals surface area contributed by atoms with Crippen molar-refractivity contribution in [2.75, 3.05) is 13.1 Å². The Morgan fingerprint density at radius 1 is 1.36 bits per heavy atom. The number of halogens is 2. The van der Waals surface area contributed by atoms with Gasteiger partial charge in [-0.2, -0.15) is 0 Å². The maximum atomic E-state index is 13.9. The van der Waals surface area contributed by atoms with Gasteiger partial charge in [-0.05, 0) is 19.3 Å². The second-order valence-electron chi connectivity index (χ2n) is 6.41. The van der Waals surface area contributed by atoms with Crippen LogP contribution in [0.1, 0.15) is 54.8 Å². The van der Waals surface area contributed by atoms with Crippen LogP contribution in [0.25, 0.3) is 0 Å². The maximum Gasteiger partial charge on any atom is 0.275 e. The lowest BCUT2D eigenvalue weighted by Crippen LogP contribution is -2.40. The number of unbranched alkanes of at least 4 members (excludes halogenated alkanes) is 1. The van der Waals surface area contributed by atoms with Crippen LogP contribution in [0.4, 0.5) is 8.78 Å². The second kappa shape index (κ2) is 7.72. The minimum Gasteiger partial charge on any atom is -0.336 e. The highest BCUT2D eigenvalue weighted by molar-refractivity contribution is 5.92. The van der Waals surface area contributed by atoms with Crippen LogP contribution in [0.15, 0.2) is 24.7 Å². The Hall–Kier alpha value is -2.31. The smallest absolute Gasteiger partial charge is 0.275 e. The van der Waals surface area contributed by atoms with Crippen LogP contribution < -0.4 is 0 Å². The Morgan fingerprint density at radius 3 is 2.96 bits per heavy atom. The van der Waals surface area contributed by atoms with Crippen LogP contribution in [0.5, 0.6) is 0 Å². The third-order valence-electron chi connectivity index (χ3n) is 4.58. The minimum absolute atomic E-state index is 0.119. The summed E-state index contributed by atoms with van der Waals surface area (Å²) in [7, 11) is 0. The first-order valence-electron chi connectivity index (χ1n) is 8.71. The summed E-state index contributed by atoms with van der Waals surface area (Å²) in [5.41, 5.74) is -0.323.